The first-order chi connectivity index (χ1) is 14.8. The van der Waals surface area contributed by atoms with Gasteiger partial charge in [-0.15, -0.1) is 0 Å². The van der Waals surface area contributed by atoms with E-state index in [0.717, 1.165) is 11.8 Å². The predicted octanol–water partition coefficient (Wildman–Crippen LogP) is 3.83. The number of benzene rings is 2. The lowest BCUT2D eigenvalue weighted by molar-refractivity contribution is -0.384. The summed E-state index contributed by atoms with van der Waals surface area (Å²) >= 11 is 5.79. The van der Waals surface area contributed by atoms with E-state index in [-0.39, 0.29) is 22.2 Å². The molecule has 1 heterocycles. The Labute approximate surface area is 183 Å². The van der Waals surface area contributed by atoms with Crippen molar-refractivity contribution in [3.8, 4) is 5.69 Å². The molecule has 0 aliphatic heterocycles. The van der Waals surface area contributed by atoms with Crippen LogP contribution in [0.15, 0.2) is 60.9 Å². The van der Waals surface area contributed by atoms with Crippen LogP contribution in [0.25, 0.3) is 5.69 Å². The number of halogens is 1. The molecular weight excluding hydrogens is 422 g/mol. The Balaban J connectivity index is 1.71. The van der Waals surface area contributed by atoms with Gasteiger partial charge in [0.15, 0.2) is 0 Å². The van der Waals surface area contributed by atoms with E-state index in [1.165, 1.54) is 12.1 Å². The molecule has 1 unspecified atom stereocenters. The molecule has 1 aromatic heterocycles. The third-order valence-corrected chi connectivity index (χ3v) is 4.86. The minimum absolute atomic E-state index is 0.0399. The summed E-state index contributed by atoms with van der Waals surface area (Å²) in [4.78, 5) is 35.8. The van der Waals surface area contributed by atoms with Crippen LogP contribution in [0, 0.1) is 16.0 Å². The highest BCUT2D eigenvalue weighted by Crippen LogP contribution is 2.25. The van der Waals surface area contributed by atoms with Crippen molar-refractivity contribution in [3.05, 3.63) is 81.6 Å². The minimum atomic E-state index is -0.854. The lowest BCUT2D eigenvalue weighted by Gasteiger charge is -2.22. The molecule has 0 radical (unpaired) electrons. The molecule has 1 atom stereocenters. The van der Waals surface area contributed by atoms with E-state index in [2.05, 4.69) is 15.7 Å². The molecule has 9 nitrogen and oxygen atoms in total. The van der Waals surface area contributed by atoms with Crippen LogP contribution in [0.1, 0.15) is 24.2 Å². The highest BCUT2D eigenvalue weighted by Gasteiger charge is 2.26. The van der Waals surface area contributed by atoms with Crippen LogP contribution in [0.5, 0.6) is 0 Å². The van der Waals surface area contributed by atoms with Crippen molar-refractivity contribution in [2.45, 2.75) is 19.9 Å². The number of hydrogen-bond acceptors (Lipinski definition) is 5. The third-order valence-electron chi connectivity index (χ3n) is 4.54. The highest BCUT2D eigenvalue weighted by molar-refractivity contribution is 6.32. The molecule has 2 amide bonds. The average molecular weight is 442 g/mol. The van der Waals surface area contributed by atoms with E-state index < -0.39 is 22.8 Å². The second kappa shape index (κ2) is 9.40. The Morgan fingerprint density at radius 3 is 2.45 bits per heavy atom. The Morgan fingerprint density at radius 2 is 1.87 bits per heavy atom. The summed E-state index contributed by atoms with van der Waals surface area (Å²) in [6, 6.07) is 11.8. The molecule has 0 spiro atoms. The maximum atomic E-state index is 12.8. The van der Waals surface area contributed by atoms with Crippen molar-refractivity contribution in [2.75, 3.05) is 5.32 Å². The Kier molecular flexibility index (Phi) is 6.66. The fraction of sp³-hybridized carbons (Fsp3) is 0.190. The number of nitrogens with one attached hydrogen (secondary N) is 2. The summed E-state index contributed by atoms with van der Waals surface area (Å²) in [5.74, 6) is -1.24. The molecule has 3 aromatic rings. The number of nitro groups is 1. The van der Waals surface area contributed by atoms with E-state index in [1.54, 1.807) is 61.3 Å². The molecule has 0 bridgehead atoms. The van der Waals surface area contributed by atoms with Gasteiger partial charge in [-0.05, 0) is 48.4 Å². The quantitative estimate of drug-likeness (QED) is 0.426. The summed E-state index contributed by atoms with van der Waals surface area (Å²) in [5, 5.41) is 20.6. The second-order valence-corrected chi connectivity index (χ2v) is 7.51. The zero-order valence-corrected chi connectivity index (χ0v) is 17.5. The van der Waals surface area contributed by atoms with Crippen LogP contribution in [-0.2, 0) is 4.79 Å². The van der Waals surface area contributed by atoms with Gasteiger partial charge in [0.25, 0.3) is 11.6 Å². The van der Waals surface area contributed by atoms with Crippen molar-refractivity contribution in [2.24, 2.45) is 5.92 Å². The molecule has 31 heavy (non-hydrogen) atoms. The Morgan fingerprint density at radius 1 is 1.16 bits per heavy atom. The van der Waals surface area contributed by atoms with E-state index in [1.807, 2.05) is 0 Å². The summed E-state index contributed by atoms with van der Waals surface area (Å²) < 4.78 is 1.69. The van der Waals surface area contributed by atoms with Crippen molar-refractivity contribution in [1.29, 1.82) is 0 Å². The maximum Gasteiger partial charge on any atom is 0.288 e. The molecular formula is C21H20ClN5O4. The number of aromatic nitrogens is 2. The van der Waals surface area contributed by atoms with Crippen molar-refractivity contribution < 1.29 is 14.5 Å². The molecule has 2 N–H and O–H groups in total. The fourth-order valence-corrected chi connectivity index (χ4v) is 3.08. The van der Waals surface area contributed by atoms with E-state index >= 15 is 0 Å². The normalized spacial score (nSPS) is 11.7. The smallest absolute Gasteiger partial charge is 0.288 e. The standard InChI is InChI=1S/C21H20ClN5O4/c1-13(2)19(25-20(28)14-4-9-17(22)18(12-14)27(30)31)21(29)24-15-5-7-16(8-6-15)26-11-3-10-23-26/h3-13,19H,1-2H3,(H,24,29)(H,25,28). The maximum absolute atomic E-state index is 12.8. The van der Waals surface area contributed by atoms with E-state index in [9.17, 15) is 19.7 Å². The number of nitro benzene ring substituents is 1. The van der Waals surface area contributed by atoms with Gasteiger partial charge in [-0.3, -0.25) is 19.7 Å². The van der Waals surface area contributed by atoms with Crippen molar-refractivity contribution >= 4 is 34.8 Å². The summed E-state index contributed by atoms with van der Waals surface area (Å²) in [6.07, 6.45) is 3.47. The SMILES string of the molecule is CC(C)C(NC(=O)c1ccc(Cl)c([N+](=O)[O-])c1)C(=O)Nc1ccc(-n2cccn2)cc1. The van der Waals surface area contributed by atoms with Crippen LogP contribution >= 0.6 is 11.6 Å². The Bertz CT molecular complexity index is 1100. The number of nitrogens with zero attached hydrogens (tertiary/aromatic N) is 3. The topological polar surface area (TPSA) is 119 Å². The number of carbonyl (C=O) groups is 2. The second-order valence-electron chi connectivity index (χ2n) is 7.11. The van der Waals surface area contributed by atoms with E-state index in [4.69, 9.17) is 11.6 Å². The number of rotatable bonds is 7. The lowest BCUT2D eigenvalue weighted by Crippen LogP contribution is -2.47. The molecule has 0 fully saturated rings. The summed E-state index contributed by atoms with van der Waals surface area (Å²) in [6.45, 7) is 3.57. The highest BCUT2D eigenvalue weighted by atomic mass is 35.5. The number of amides is 2. The zero-order valence-electron chi connectivity index (χ0n) is 16.8. The van der Waals surface area contributed by atoms with Crippen LogP contribution < -0.4 is 10.6 Å². The van der Waals surface area contributed by atoms with Crippen LogP contribution in [0.3, 0.4) is 0 Å². The zero-order chi connectivity index (χ0) is 22.5. The van der Waals surface area contributed by atoms with Crippen molar-refractivity contribution in [1.82, 2.24) is 15.1 Å². The molecule has 10 heteroatoms. The predicted molar refractivity (Wildman–Crippen MR) is 116 cm³/mol. The van der Waals surface area contributed by atoms with Gasteiger partial charge in [0.2, 0.25) is 5.91 Å². The summed E-state index contributed by atoms with van der Waals surface area (Å²) in [7, 11) is 0. The van der Waals surface area contributed by atoms with Crippen LogP contribution in [-0.4, -0.2) is 32.6 Å². The van der Waals surface area contributed by atoms with Crippen molar-refractivity contribution in [3.63, 3.8) is 0 Å². The number of anilines is 1. The average Bonchev–Trinajstić information content (AvgIpc) is 3.27. The van der Waals surface area contributed by atoms with Gasteiger partial charge in [-0.25, -0.2) is 4.68 Å². The molecule has 3 rings (SSSR count). The van der Waals surface area contributed by atoms with Crippen LogP contribution in [0.2, 0.25) is 5.02 Å². The minimum Gasteiger partial charge on any atom is -0.340 e. The van der Waals surface area contributed by atoms with Gasteiger partial charge in [-0.2, -0.15) is 5.10 Å². The molecule has 160 valence electrons. The number of carbonyl (C=O) groups excluding carboxylic acids is 2. The molecule has 2 aromatic carbocycles. The molecule has 0 saturated carbocycles. The van der Waals surface area contributed by atoms with Gasteiger partial charge >= 0.3 is 0 Å². The van der Waals surface area contributed by atoms with Crippen LogP contribution in [0.4, 0.5) is 11.4 Å². The monoisotopic (exact) mass is 441 g/mol. The van der Waals surface area contributed by atoms with Gasteiger partial charge in [0, 0.05) is 29.7 Å². The first-order valence-electron chi connectivity index (χ1n) is 9.42. The van der Waals surface area contributed by atoms with Gasteiger partial charge in [0.1, 0.15) is 11.1 Å². The lowest BCUT2D eigenvalue weighted by atomic mass is 10.0. The Hall–Kier alpha value is -3.72. The largest absolute Gasteiger partial charge is 0.340 e. The first-order valence-corrected chi connectivity index (χ1v) is 9.80. The molecule has 0 aliphatic carbocycles. The number of hydrogen-bond donors (Lipinski definition) is 2. The molecule has 0 saturated heterocycles. The van der Waals surface area contributed by atoms with Gasteiger partial charge in [-0.1, -0.05) is 25.4 Å². The fourth-order valence-electron chi connectivity index (χ4n) is 2.89. The van der Waals surface area contributed by atoms with Gasteiger partial charge < -0.3 is 10.6 Å². The molecule has 0 aliphatic rings. The first kappa shape index (κ1) is 22.0. The van der Waals surface area contributed by atoms with Gasteiger partial charge in [0.05, 0.1) is 10.6 Å². The summed E-state index contributed by atoms with van der Waals surface area (Å²) in [5.41, 5.74) is 1.05. The van der Waals surface area contributed by atoms with E-state index in [0.29, 0.717) is 5.69 Å². The third kappa shape index (κ3) is 5.26.